The van der Waals surface area contributed by atoms with Crippen LogP contribution in [0.1, 0.15) is 12.5 Å². The van der Waals surface area contributed by atoms with Crippen LogP contribution in [0.5, 0.6) is 11.5 Å². The number of aromatic amines is 1. The lowest BCUT2D eigenvalue weighted by Crippen LogP contribution is -2.40. The second-order valence-electron chi connectivity index (χ2n) is 7.58. The van der Waals surface area contributed by atoms with Crippen LogP contribution in [0.3, 0.4) is 0 Å². The van der Waals surface area contributed by atoms with Crippen LogP contribution in [0.15, 0.2) is 90.2 Å². The van der Waals surface area contributed by atoms with E-state index in [2.05, 4.69) is 15.2 Å². The van der Waals surface area contributed by atoms with Crippen LogP contribution < -0.4 is 14.1 Å². The largest absolute Gasteiger partial charge is 0.513 e. The molecule has 2 N–H and O–H groups in total. The van der Waals surface area contributed by atoms with Gasteiger partial charge in [-0.2, -0.15) is 5.09 Å². The fraction of sp³-hybridized carbons (Fsp3) is 0.160. The summed E-state index contributed by atoms with van der Waals surface area (Å²) in [5.41, 5.74) is 1.93. The number of H-pyrrole nitrogens is 1. The molecular formula is C25H24N3O6P. The van der Waals surface area contributed by atoms with Crippen molar-refractivity contribution in [2.45, 2.75) is 19.4 Å². The summed E-state index contributed by atoms with van der Waals surface area (Å²) in [4.78, 5) is 26.8. The maximum absolute atomic E-state index is 14.0. The van der Waals surface area contributed by atoms with Gasteiger partial charge in [-0.15, -0.1) is 4.91 Å². The Bertz CT molecular complexity index is 1340. The molecule has 0 aliphatic carbocycles. The summed E-state index contributed by atoms with van der Waals surface area (Å²) in [5, 5.41) is 6.56. The normalized spacial score (nSPS) is 13.5. The summed E-state index contributed by atoms with van der Waals surface area (Å²) in [7, 11) is -4.17. The van der Waals surface area contributed by atoms with E-state index in [1.54, 1.807) is 43.5 Å². The third-order valence-electron chi connectivity index (χ3n) is 5.12. The van der Waals surface area contributed by atoms with Crippen LogP contribution in [0.4, 0.5) is 5.69 Å². The molecule has 4 rings (SSSR count). The lowest BCUT2D eigenvalue weighted by Gasteiger charge is -2.24. The summed E-state index contributed by atoms with van der Waals surface area (Å²) < 4.78 is 30.7. The van der Waals surface area contributed by atoms with E-state index in [1.165, 1.54) is 24.3 Å². The minimum absolute atomic E-state index is 0.149. The quantitative estimate of drug-likeness (QED) is 0.152. The van der Waals surface area contributed by atoms with E-state index in [9.17, 15) is 14.3 Å². The summed E-state index contributed by atoms with van der Waals surface area (Å²) in [6, 6.07) is 20.8. The molecule has 0 aliphatic rings. The summed E-state index contributed by atoms with van der Waals surface area (Å²) in [5.74, 6) is -0.151. The molecule has 0 bridgehead atoms. The smallest absolute Gasteiger partial charge is 0.465 e. The number of nitrogens with one attached hydrogen (secondary N) is 2. The molecule has 0 fully saturated rings. The fourth-order valence-corrected chi connectivity index (χ4v) is 5.05. The number of hydrogen-bond acceptors (Lipinski definition) is 7. The zero-order valence-electron chi connectivity index (χ0n) is 18.9. The first-order valence-electron chi connectivity index (χ1n) is 11.0. The minimum Gasteiger partial charge on any atom is -0.465 e. The fourth-order valence-electron chi connectivity index (χ4n) is 3.53. The van der Waals surface area contributed by atoms with Gasteiger partial charge >= 0.3 is 13.7 Å². The second-order valence-corrected chi connectivity index (χ2v) is 9.19. The maximum atomic E-state index is 14.0. The third kappa shape index (κ3) is 6.15. The summed E-state index contributed by atoms with van der Waals surface area (Å²) >= 11 is 0. The Hall–Kier alpha value is -3.94. The Morgan fingerprint density at radius 1 is 0.971 bits per heavy atom. The molecule has 4 aromatic rings. The van der Waals surface area contributed by atoms with Crippen molar-refractivity contribution in [2.24, 2.45) is 5.18 Å². The van der Waals surface area contributed by atoms with Crippen molar-refractivity contribution >= 4 is 30.3 Å². The van der Waals surface area contributed by atoms with Gasteiger partial charge in [-0.05, 0) is 60.1 Å². The summed E-state index contributed by atoms with van der Waals surface area (Å²) in [6.45, 7) is 1.84. The molecule has 0 saturated heterocycles. The van der Waals surface area contributed by atoms with E-state index in [0.717, 1.165) is 16.5 Å². The molecule has 1 unspecified atom stereocenters. The molecule has 0 radical (unpaired) electrons. The van der Waals surface area contributed by atoms with E-state index in [0.29, 0.717) is 0 Å². The van der Waals surface area contributed by atoms with E-state index in [-0.39, 0.29) is 30.2 Å². The van der Waals surface area contributed by atoms with Crippen LogP contribution in [-0.4, -0.2) is 23.6 Å². The molecule has 0 spiro atoms. The molecule has 3 aromatic carbocycles. The van der Waals surface area contributed by atoms with Crippen molar-refractivity contribution < 1.29 is 23.1 Å². The number of fused-ring (bicyclic) bond motifs is 1. The average Bonchev–Trinajstić information content (AvgIpc) is 3.27. The minimum atomic E-state index is -4.17. The van der Waals surface area contributed by atoms with Gasteiger partial charge in [-0.25, -0.2) is 4.57 Å². The van der Waals surface area contributed by atoms with Gasteiger partial charge in [-0.1, -0.05) is 36.4 Å². The van der Waals surface area contributed by atoms with Crippen molar-refractivity contribution in [3.63, 3.8) is 0 Å². The van der Waals surface area contributed by atoms with E-state index in [1.807, 2.05) is 24.3 Å². The second kappa shape index (κ2) is 11.0. The molecule has 2 atom stereocenters. The molecule has 0 amide bonds. The zero-order chi connectivity index (χ0) is 24.7. The van der Waals surface area contributed by atoms with Crippen molar-refractivity contribution in [3.05, 3.63) is 95.5 Å². The Morgan fingerprint density at radius 3 is 2.31 bits per heavy atom. The molecule has 9 nitrogen and oxygen atoms in total. The van der Waals surface area contributed by atoms with E-state index in [4.69, 9.17) is 13.8 Å². The first kappa shape index (κ1) is 24.2. The van der Waals surface area contributed by atoms with Gasteiger partial charge in [0.25, 0.3) is 0 Å². The van der Waals surface area contributed by atoms with Gasteiger partial charge in [-0.3, -0.25) is 4.79 Å². The SMILES string of the molecule is CCOC(=O)[C@H](Cc1c[nH]c2ccccc12)NP(=O)(Oc1ccccc1)Oc1ccc(N=O)cc1. The monoisotopic (exact) mass is 493 g/mol. The number of para-hydroxylation sites is 2. The van der Waals surface area contributed by atoms with Crippen molar-refractivity contribution in [1.29, 1.82) is 0 Å². The Labute approximate surface area is 202 Å². The van der Waals surface area contributed by atoms with Gasteiger partial charge in [0, 0.05) is 23.5 Å². The number of rotatable bonds is 11. The highest BCUT2D eigenvalue weighted by Crippen LogP contribution is 2.46. The number of carbonyl (C=O) groups is 1. The number of nitroso groups, excluding NO2 is 1. The number of benzene rings is 3. The van der Waals surface area contributed by atoms with Crippen LogP contribution in [0.2, 0.25) is 0 Å². The van der Waals surface area contributed by atoms with Gasteiger partial charge < -0.3 is 18.8 Å². The number of nitrogens with zero attached hydrogens (tertiary/aromatic N) is 1. The number of aromatic nitrogens is 1. The highest BCUT2D eigenvalue weighted by atomic mass is 31.2. The molecule has 180 valence electrons. The number of hydrogen-bond donors (Lipinski definition) is 2. The highest BCUT2D eigenvalue weighted by Gasteiger charge is 2.36. The Kier molecular flexibility index (Phi) is 7.60. The van der Waals surface area contributed by atoms with Gasteiger partial charge in [0.05, 0.1) is 6.61 Å². The standard InChI is InChI=1S/C25H24N3O6P/c1-2-32-25(29)24(16-18-17-26-23-11-7-6-10-22(18)23)28-35(31,33-20-8-4-3-5-9-20)34-21-14-12-19(27-30)13-15-21/h3-15,17,24,26H,2,16H2,1H3,(H,28,31)/t24-,35?/m0/s1. The molecule has 0 aliphatic heterocycles. The lowest BCUT2D eigenvalue weighted by atomic mass is 10.1. The molecule has 35 heavy (non-hydrogen) atoms. The van der Waals surface area contributed by atoms with Crippen LogP contribution >= 0.6 is 7.75 Å². The van der Waals surface area contributed by atoms with Gasteiger partial charge in [0.15, 0.2) is 0 Å². The molecule has 0 saturated carbocycles. The van der Waals surface area contributed by atoms with Crippen molar-refractivity contribution in [2.75, 3.05) is 6.61 Å². The molecule has 1 heterocycles. The topological polar surface area (TPSA) is 119 Å². The number of carbonyl (C=O) groups excluding carboxylic acids is 1. The first-order valence-corrected chi connectivity index (χ1v) is 12.5. The highest BCUT2D eigenvalue weighted by molar-refractivity contribution is 7.52. The van der Waals surface area contributed by atoms with E-state index >= 15 is 0 Å². The van der Waals surface area contributed by atoms with Gasteiger partial charge in [0.2, 0.25) is 0 Å². The Balaban J connectivity index is 1.66. The number of ether oxygens (including phenoxy) is 1. The lowest BCUT2D eigenvalue weighted by molar-refractivity contribution is -0.145. The van der Waals surface area contributed by atoms with Crippen LogP contribution in [0.25, 0.3) is 10.9 Å². The van der Waals surface area contributed by atoms with Crippen molar-refractivity contribution in [3.8, 4) is 11.5 Å². The zero-order valence-corrected chi connectivity index (χ0v) is 19.8. The Morgan fingerprint density at radius 2 is 1.63 bits per heavy atom. The molecule has 1 aromatic heterocycles. The molecule has 10 heteroatoms. The third-order valence-corrected chi connectivity index (χ3v) is 6.65. The summed E-state index contributed by atoms with van der Waals surface area (Å²) in [6.07, 6.45) is 1.97. The number of esters is 1. The average molecular weight is 493 g/mol. The van der Waals surface area contributed by atoms with Crippen LogP contribution in [-0.2, 0) is 20.5 Å². The predicted octanol–water partition coefficient (Wildman–Crippen LogP) is 5.90. The maximum Gasteiger partial charge on any atom is 0.513 e. The predicted molar refractivity (Wildman–Crippen MR) is 133 cm³/mol. The van der Waals surface area contributed by atoms with Crippen molar-refractivity contribution in [1.82, 2.24) is 10.1 Å². The van der Waals surface area contributed by atoms with E-state index < -0.39 is 19.8 Å². The van der Waals surface area contributed by atoms with Crippen LogP contribution in [0, 0.1) is 4.91 Å². The first-order chi connectivity index (χ1) is 17.0. The molecular weight excluding hydrogens is 469 g/mol. The van der Waals surface area contributed by atoms with Gasteiger partial charge in [0.1, 0.15) is 23.2 Å².